The number of amidine groups is 1. The van der Waals surface area contributed by atoms with Crippen molar-refractivity contribution in [2.24, 2.45) is 4.99 Å². The molecule has 330 valence electrons. The molecular weight excluding hydrogens is 847 g/mol. The lowest BCUT2D eigenvalue weighted by molar-refractivity contribution is 0.378. The van der Waals surface area contributed by atoms with E-state index < -0.39 is 0 Å². The molecule has 0 radical (unpaired) electrons. The maximum atomic E-state index is 5.70. The van der Waals surface area contributed by atoms with Gasteiger partial charge >= 0.3 is 0 Å². The number of piperidine rings is 1. The van der Waals surface area contributed by atoms with Gasteiger partial charge in [0.25, 0.3) is 0 Å². The third-order valence-electron chi connectivity index (χ3n) is 13.4. The number of pyridine rings is 2. The van der Waals surface area contributed by atoms with Crippen molar-refractivity contribution in [1.29, 1.82) is 0 Å². The Labute approximate surface area is 399 Å². The standard InChI is InChI=1S/C60H45N9/c1-4-19-40(20-5-1)46-25-10-13-31-52(46)67-55(64-49-28-16-34-61-58(49)67)43-37-44(56-65-50-29-17-35-62-59(50)68(56)53-32-14-11-26-47(53)41-21-6-2-7-22-41)39-45(38-43)57-66-51-30-18-36-63-60(51)69(57)54-33-15-12-27-48(54)42-23-8-3-9-24-42/h1-17,19-29,31-35,37-39,51,60,63H,18,30,36H2. The molecule has 1 saturated heterocycles. The topological polar surface area (TPSA) is 89.0 Å². The van der Waals surface area contributed by atoms with E-state index in [-0.39, 0.29) is 12.2 Å². The second-order valence-electron chi connectivity index (χ2n) is 17.6. The fourth-order valence-electron chi connectivity index (χ4n) is 10.4. The largest absolute Gasteiger partial charge is 0.307 e. The smallest absolute Gasteiger partial charge is 0.164 e. The second-order valence-corrected chi connectivity index (χ2v) is 17.6. The van der Waals surface area contributed by atoms with Crippen LogP contribution in [0.15, 0.2) is 224 Å². The zero-order valence-corrected chi connectivity index (χ0v) is 37.6. The molecule has 0 saturated carbocycles. The average molecular weight is 892 g/mol. The summed E-state index contributed by atoms with van der Waals surface area (Å²) in [5.41, 5.74) is 15.6. The molecule has 0 bridgehead atoms. The zero-order valence-electron chi connectivity index (χ0n) is 37.6. The number of aromatic nitrogens is 6. The van der Waals surface area contributed by atoms with Crippen LogP contribution in [0.1, 0.15) is 18.4 Å². The van der Waals surface area contributed by atoms with Gasteiger partial charge in [0.05, 0.1) is 23.1 Å². The van der Waals surface area contributed by atoms with Crippen LogP contribution in [0.3, 0.4) is 0 Å². The molecule has 9 nitrogen and oxygen atoms in total. The van der Waals surface area contributed by atoms with Crippen molar-refractivity contribution in [3.05, 3.63) is 224 Å². The van der Waals surface area contributed by atoms with Crippen LogP contribution >= 0.6 is 0 Å². The minimum Gasteiger partial charge on any atom is -0.307 e. The lowest BCUT2D eigenvalue weighted by Gasteiger charge is -2.35. The highest BCUT2D eigenvalue weighted by Crippen LogP contribution is 2.42. The number of nitrogens with one attached hydrogen (secondary N) is 1. The minimum atomic E-state index is -0.0382. The highest BCUT2D eigenvalue weighted by atomic mass is 15.4. The number of anilines is 1. The fraction of sp³-hybridized carbons (Fsp3) is 0.0833. The van der Waals surface area contributed by atoms with E-state index in [0.29, 0.717) is 0 Å². The molecule has 7 aromatic carbocycles. The summed E-state index contributed by atoms with van der Waals surface area (Å²) in [7, 11) is 0. The Balaban J connectivity index is 1.10. The van der Waals surface area contributed by atoms with Gasteiger partial charge in [0.15, 0.2) is 11.3 Å². The first-order valence-electron chi connectivity index (χ1n) is 23.6. The van der Waals surface area contributed by atoms with Gasteiger partial charge in [0.1, 0.15) is 34.7 Å². The summed E-state index contributed by atoms with van der Waals surface area (Å²) in [6, 6.07) is 72.3. The molecule has 6 heterocycles. The van der Waals surface area contributed by atoms with Crippen LogP contribution in [0.5, 0.6) is 0 Å². The maximum absolute atomic E-state index is 5.70. The van der Waals surface area contributed by atoms with Crippen LogP contribution in [-0.2, 0) is 0 Å². The molecule has 4 aromatic heterocycles. The Bertz CT molecular complexity index is 3530. The summed E-state index contributed by atoms with van der Waals surface area (Å²) in [4.78, 5) is 29.1. The molecule has 13 rings (SSSR count). The molecule has 1 fully saturated rings. The predicted molar refractivity (Wildman–Crippen MR) is 279 cm³/mol. The molecule has 2 aliphatic heterocycles. The summed E-state index contributed by atoms with van der Waals surface area (Å²) in [6.45, 7) is 0.912. The molecule has 0 amide bonds. The van der Waals surface area contributed by atoms with Gasteiger partial charge < -0.3 is 4.90 Å². The van der Waals surface area contributed by atoms with Crippen LogP contribution in [0.25, 0.3) is 89.9 Å². The number of hydrogen-bond donors (Lipinski definition) is 1. The van der Waals surface area contributed by atoms with E-state index in [1.807, 2.05) is 36.7 Å². The van der Waals surface area contributed by atoms with Gasteiger partial charge in [0, 0.05) is 45.8 Å². The Kier molecular flexibility index (Phi) is 10.1. The molecule has 0 spiro atoms. The summed E-state index contributed by atoms with van der Waals surface area (Å²) < 4.78 is 4.44. The summed E-state index contributed by atoms with van der Waals surface area (Å²) in [5, 5.41) is 3.90. The van der Waals surface area contributed by atoms with Gasteiger partial charge in [0.2, 0.25) is 0 Å². The third-order valence-corrected chi connectivity index (χ3v) is 13.4. The van der Waals surface area contributed by atoms with Crippen LogP contribution in [0.4, 0.5) is 5.69 Å². The molecule has 9 heteroatoms. The van der Waals surface area contributed by atoms with Crippen LogP contribution in [-0.4, -0.2) is 53.7 Å². The van der Waals surface area contributed by atoms with Crippen molar-refractivity contribution >= 4 is 33.9 Å². The normalized spacial score (nSPS) is 15.7. The lowest BCUT2D eigenvalue weighted by atomic mass is 9.99. The van der Waals surface area contributed by atoms with Crippen LogP contribution in [0, 0.1) is 0 Å². The van der Waals surface area contributed by atoms with E-state index in [9.17, 15) is 0 Å². The zero-order chi connectivity index (χ0) is 45.7. The third kappa shape index (κ3) is 7.10. The molecular formula is C60H45N9. The van der Waals surface area contributed by atoms with Gasteiger partial charge in [-0.05, 0) is 96.7 Å². The van der Waals surface area contributed by atoms with E-state index in [0.717, 1.165) is 126 Å². The summed E-state index contributed by atoms with van der Waals surface area (Å²) in [5.74, 6) is 2.40. The number of aliphatic imine (C=N–C) groups is 1. The molecule has 2 aliphatic rings. The van der Waals surface area contributed by atoms with Crippen molar-refractivity contribution in [3.63, 3.8) is 0 Å². The van der Waals surface area contributed by atoms with Crippen molar-refractivity contribution in [2.75, 3.05) is 11.4 Å². The van der Waals surface area contributed by atoms with Gasteiger partial charge in [-0.15, -0.1) is 0 Å². The first kappa shape index (κ1) is 40.5. The highest BCUT2D eigenvalue weighted by Gasteiger charge is 2.40. The van der Waals surface area contributed by atoms with E-state index in [4.69, 9.17) is 24.9 Å². The number of fused-ring (bicyclic) bond motifs is 3. The quantitative estimate of drug-likeness (QED) is 0.155. The van der Waals surface area contributed by atoms with E-state index in [1.165, 1.54) is 0 Å². The average Bonchev–Trinajstić information content (AvgIpc) is 4.14. The molecule has 1 N–H and O–H groups in total. The molecule has 69 heavy (non-hydrogen) atoms. The monoisotopic (exact) mass is 891 g/mol. The minimum absolute atomic E-state index is 0.0382. The molecule has 2 unspecified atom stereocenters. The van der Waals surface area contributed by atoms with E-state index in [1.54, 1.807) is 0 Å². The molecule has 0 aliphatic carbocycles. The number of rotatable bonds is 9. The van der Waals surface area contributed by atoms with Crippen molar-refractivity contribution in [2.45, 2.75) is 25.0 Å². The summed E-state index contributed by atoms with van der Waals surface area (Å²) >= 11 is 0. The Morgan fingerprint density at radius 3 is 1.36 bits per heavy atom. The van der Waals surface area contributed by atoms with E-state index >= 15 is 0 Å². The highest BCUT2D eigenvalue weighted by molar-refractivity contribution is 6.14. The maximum Gasteiger partial charge on any atom is 0.164 e. The molecule has 11 aromatic rings. The van der Waals surface area contributed by atoms with Crippen molar-refractivity contribution < 1.29 is 0 Å². The SMILES string of the molecule is c1ccc(-c2ccccc2N2C(c3cc(-c4nc5cccnc5n4-c4ccccc4-c4ccccc4)cc(-c4nc5cccnc5n4-c4ccccc4-c4ccccc4)c3)=NC3CCCNC32)cc1. The summed E-state index contributed by atoms with van der Waals surface area (Å²) in [6.07, 6.45) is 5.69. The van der Waals surface area contributed by atoms with Crippen LogP contribution < -0.4 is 10.2 Å². The van der Waals surface area contributed by atoms with Gasteiger partial charge in [-0.1, -0.05) is 146 Å². The first-order chi connectivity index (χ1) is 34.2. The van der Waals surface area contributed by atoms with Crippen molar-refractivity contribution in [3.8, 4) is 67.5 Å². The lowest BCUT2D eigenvalue weighted by Crippen LogP contribution is -2.53. The predicted octanol–water partition coefficient (Wildman–Crippen LogP) is 12.8. The Morgan fingerprint density at radius 1 is 0.420 bits per heavy atom. The van der Waals surface area contributed by atoms with Crippen LogP contribution in [0.2, 0.25) is 0 Å². The Hall–Kier alpha value is -8.79. The van der Waals surface area contributed by atoms with Gasteiger partial charge in [-0.2, -0.15) is 0 Å². The number of nitrogens with zero attached hydrogens (tertiary/aromatic N) is 8. The number of para-hydroxylation sites is 3. The van der Waals surface area contributed by atoms with E-state index in [2.05, 4.69) is 201 Å². The first-order valence-corrected chi connectivity index (χ1v) is 23.6. The fourth-order valence-corrected chi connectivity index (χ4v) is 10.4. The Morgan fingerprint density at radius 2 is 0.855 bits per heavy atom. The number of imidazole rings is 2. The second kappa shape index (κ2) is 17.1. The van der Waals surface area contributed by atoms with Crippen molar-refractivity contribution in [1.82, 2.24) is 34.4 Å². The van der Waals surface area contributed by atoms with Gasteiger partial charge in [-0.3, -0.25) is 19.4 Å². The number of benzene rings is 7. The molecule has 2 atom stereocenters. The van der Waals surface area contributed by atoms with Gasteiger partial charge in [-0.25, -0.2) is 19.9 Å². The number of hydrogen-bond acceptors (Lipinski definition) is 7.